The van der Waals surface area contributed by atoms with Crippen LogP contribution in [0.1, 0.15) is 21.6 Å². The lowest BCUT2D eigenvalue weighted by molar-refractivity contribution is 0.0297. The number of halogens is 1. The molecule has 0 N–H and O–H groups in total. The number of carbonyl (C=O) groups excluding carboxylic acids is 1. The van der Waals surface area contributed by atoms with Crippen molar-refractivity contribution in [1.29, 1.82) is 0 Å². The van der Waals surface area contributed by atoms with Gasteiger partial charge in [0.25, 0.3) is 5.91 Å². The number of aryl methyl sites for hydroxylation is 2. The van der Waals surface area contributed by atoms with Gasteiger partial charge in [-0.15, -0.1) is 0 Å². The maximum atomic E-state index is 13.2. The fourth-order valence-electron chi connectivity index (χ4n) is 3.31. The third-order valence-electron chi connectivity index (χ3n) is 5.11. The van der Waals surface area contributed by atoms with E-state index in [1.807, 2.05) is 30.3 Å². The van der Waals surface area contributed by atoms with Crippen LogP contribution in [0.5, 0.6) is 0 Å². The van der Waals surface area contributed by atoms with Gasteiger partial charge in [-0.1, -0.05) is 35.9 Å². The third kappa shape index (κ3) is 3.55. The molecule has 0 aliphatic carbocycles. The van der Waals surface area contributed by atoms with Gasteiger partial charge in [-0.3, -0.25) is 4.79 Å². The van der Waals surface area contributed by atoms with E-state index in [1.165, 1.54) is 11.1 Å². The van der Waals surface area contributed by atoms with E-state index < -0.39 is 0 Å². The van der Waals surface area contributed by atoms with Crippen LogP contribution in [0, 0.1) is 13.8 Å². The summed E-state index contributed by atoms with van der Waals surface area (Å²) in [4.78, 5) is 15.0. The van der Waals surface area contributed by atoms with E-state index in [4.69, 9.17) is 21.4 Å². The molecule has 0 radical (unpaired) electrons. The predicted molar refractivity (Wildman–Crippen MR) is 110 cm³/mol. The van der Waals surface area contributed by atoms with Crippen molar-refractivity contribution < 1.29 is 9.53 Å². The first-order chi connectivity index (χ1) is 13.5. The maximum Gasteiger partial charge on any atom is 0.272 e. The van der Waals surface area contributed by atoms with Gasteiger partial charge in [-0.2, -0.15) is 5.10 Å². The normalized spacial score (nSPS) is 14.3. The molecular formula is C22H22ClN3O2. The molecule has 144 valence electrons. The molecule has 2 aromatic carbocycles. The molecule has 1 saturated heterocycles. The summed E-state index contributed by atoms with van der Waals surface area (Å²) in [5.41, 5.74) is 5.33. The van der Waals surface area contributed by atoms with Crippen LogP contribution in [0.15, 0.2) is 48.5 Å². The number of aromatic nitrogens is 2. The minimum Gasteiger partial charge on any atom is -0.378 e. The van der Waals surface area contributed by atoms with Crippen molar-refractivity contribution in [3.63, 3.8) is 0 Å². The van der Waals surface area contributed by atoms with Gasteiger partial charge in [0.1, 0.15) is 5.69 Å². The van der Waals surface area contributed by atoms with E-state index >= 15 is 0 Å². The largest absolute Gasteiger partial charge is 0.378 e. The Bertz CT molecular complexity index is 1020. The fourth-order valence-corrected chi connectivity index (χ4v) is 3.53. The zero-order valence-electron chi connectivity index (χ0n) is 16.0. The second-order valence-corrected chi connectivity index (χ2v) is 7.39. The van der Waals surface area contributed by atoms with Gasteiger partial charge in [0, 0.05) is 18.7 Å². The van der Waals surface area contributed by atoms with Crippen LogP contribution in [0.25, 0.3) is 16.9 Å². The van der Waals surface area contributed by atoms with Crippen LogP contribution < -0.4 is 0 Å². The summed E-state index contributed by atoms with van der Waals surface area (Å²) in [7, 11) is 0. The van der Waals surface area contributed by atoms with E-state index in [1.54, 1.807) is 15.6 Å². The average molecular weight is 396 g/mol. The highest BCUT2D eigenvalue weighted by atomic mass is 35.5. The number of hydrogen-bond acceptors (Lipinski definition) is 3. The molecule has 0 saturated carbocycles. The number of hydrogen-bond donors (Lipinski definition) is 0. The lowest BCUT2D eigenvalue weighted by atomic mass is 10.0. The molecular weight excluding hydrogens is 374 g/mol. The summed E-state index contributed by atoms with van der Waals surface area (Å²) in [6, 6.07) is 15.5. The Labute approximate surface area is 169 Å². The minimum absolute atomic E-state index is 0.0641. The summed E-state index contributed by atoms with van der Waals surface area (Å²) in [5.74, 6) is -0.0641. The summed E-state index contributed by atoms with van der Waals surface area (Å²) >= 11 is 6.42. The van der Waals surface area contributed by atoms with Crippen molar-refractivity contribution in [3.05, 3.63) is 70.4 Å². The smallest absolute Gasteiger partial charge is 0.272 e. The van der Waals surface area contributed by atoms with Crippen molar-refractivity contribution in [3.8, 4) is 16.9 Å². The highest BCUT2D eigenvalue weighted by Crippen LogP contribution is 2.27. The average Bonchev–Trinajstić information content (AvgIpc) is 3.15. The number of morpholine rings is 1. The third-order valence-corrected chi connectivity index (χ3v) is 5.43. The highest BCUT2D eigenvalue weighted by molar-refractivity contribution is 6.32. The van der Waals surface area contributed by atoms with Crippen molar-refractivity contribution in [1.82, 2.24) is 14.7 Å². The quantitative estimate of drug-likeness (QED) is 0.665. The Hall–Kier alpha value is -2.63. The monoisotopic (exact) mass is 395 g/mol. The van der Waals surface area contributed by atoms with Crippen molar-refractivity contribution in [2.45, 2.75) is 13.8 Å². The lowest BCUT2D eigenvalue weighted by Gasteiger charge is -2.26. The Morgan fingerprint density at radius 3 is 2.50 bits per heavy atom. The van der Waals surface area contributed by atoms with E-state index in [9.17, 15) is 4.79 Å². The van der Waals surface area contributed by atoms with Crippen molar-refractivity contribution >= 4 is 17.5 Å². The van der Waals surface area contributed by atoms with E-state index in [0.29, 0.717) is 42.7 Å². The van der Waals surface area contributed by atoms with E-state index in [2.05, 4.69) is 26.0 Å². The molecule has 3 aromatic rings. The Morgan fingerprint density at radius 2 is 1.79 bits per heavy atom. The molecule has 28 heavy (non-hydrogen) atoms. The van der Waals surface area contributed by atoms with Crippen LogP contribution >= 0.6 is 11.6 Å². The van der Waals surface area contributed by atoms with E-state index in [-0.39, 0.29) is 5.91 Å². The van der Waals surface area contributed by atoms with Gasteiger partial charge in [0.15, 0.2) is 0 Å². The fraction of sp³-hybridized carbons (Fsp3) is 0.273. The Balaban J connectivity index is 1.83. The molecule has 0 spiro atoms. The van der Waals surface area contributed by atoms with Crippen LogP contribution in [0.4, 0.5) is 0 Å². The van der Waals surface area contributed by atoms with Crippen molar-refractivity contribution in [2.75, 3.05) is 26.3 Å². The zero-order chi connectivity index (χ0) is 19.7. The van der Waals surface area contributed by atoms with Crippen LogP contribution in [-0.4, -0.2) is 46.9 Å². The number of rotatable bonds is 3. The Morgan fingerprint density at radius 1 is 1.04 bits per heavy atom. The number of carbonyl (C=O) groups is 1. The first-order valence-corrected chi connectivity index (χ1v) is 9.72. The van der Waals surface area contributed by atoms with Gasteiger partial charge in [0.2, 0.25) is 0 Å². The predicted octanol–water partition coefficient (Wildman–Crippen LogP) is 4.28. The number of ether oxygens (including phenoxy) is 1. The van der Waals surface area contributed by atoms with Gasteiger partial charge in [0.05, 0.1) is 29.6 Å². The second-order valence-electron chi connectivity index (χ2n) is 6.98. The molecule has 1 amide bonds. The molecule has 1 aliphatic heterocycles. The van der Waals surface area contributed by atoms with Crippen LogP contribution in [-0.2, 0) is 4.74 Å². The molecule has 6 heteroatoms. The first-order valence-electron chi connectivity index (χ1n) is 9.34. The lowest BCUT2D eigenvalue weighted by Crippen LogP contribution is -2.41. The molecule has 1 aromatic heterocycles. The number of amides is 1. The molecule has 0 bridgehead atoms. The maximum absolute atomic E-state index is 13.2. The summed E-state index contributed by atoms with van der Waals surface area (Å²) in [6.07, 6.45) is 0. The molecule has 5 nitrogen and oxygen atoms in total. The van der Waals surface area contributed by atoms with Crippen molar-refractivity contribution in [2.24, 2.45) is 0 Å². The number of benzene rings is 2. The molecule has 2 heterocycles. The van der Waals surface area contributed by atoms with Crippen LogP contribution in [0.2, 0.25) is 5.02 Å². The molecule has 1 aliphatic rings. The van der Waals surface area contributed by atoms with E-state index in [0.717, 1.165) is 11.3 Å². The highest BCUT2D eigenvalue weighted by Gasteiger charge is 2.25. The molecule has 4 rings (SSSR count). The van der Waals surface area contributed by atoms with Gasteiger partial charge in [-0.25, -0.2) is 4.68 Å². The number of para-hydroxylation sites is 1. The van der Waals surface area contributed by atoms with Gasteiger partial charge < -0.3 is 9.64 Å². The molecule has 0 atom stereocenters. The second kappa shape index (κ2) is 7.78. The topological polar surface area (TPSA) is 47.4 Å². The summed E-state index contributed by atoms with van der Waals surface area (Å²) < 4.78 is 7.04. The van der Waals surface area contributed by atoms with Gasteiger partial charge >= 0.3 is 0 Å². The SMILES string of the molecule is Cc1ccc(-c2cc(C(=O)N3CCOCC3)n(-c3ccccc3Cl)n2)cc1C. The number of nitrogens with zero attached hydrogens (tertiary/aromatic N) is 3. The molecule has 1 fully saturated rings. The summed E-state index contributed by atoms with van der Waals surface area (Å²) in [6.45, 7) is 6.40. The minimum atomic E-state index is -0.0641. The van der Waals surface area contributed by atoms with Gasteiger partial charge in [-0.05, 0) is 49.2 Å². The zero-order valence-corrected chi connectivity index (χ0v) is 16.7. The standard InChI is InChI=1S/C22H22ClN3O2/c1-15-7-8-17(13-16(15)2)19-14-21(22(27)25-9-11-28-12-10-25)26(24-19)20-6-4-3-5-18(20)23/h3-8,13-14H,9-12H2,1-2H3. The molecule has 0 unspecified atom stereocenters. The van der Waals surface area contributed by atoms with Crippen LogP contribution in [0.3, 0.4) is 0 Å². The first kappa shape index (κ1) is 18.7. The Kier molecular flexibility index (Phi) is 5.20. The summed E-state index contributed by atoms with van der Waals surface area (Å²) in [5, 5.41) is 5.30.